The predicted molar refractivity (Wildman–Crippen MR) is 69.3 cm³/mol. The maximum Gasteiger partial charge on any atom is 0.123 e. The number of aliphatic hydroxyl groups is 1. The van der Waals surface area contributed by atoms with Crippen molar-refractivity contribution in [2.75, 3.05) is 6.54 Å². The Hall–Kier alpha value is -0.750. The Morgan fingerprint density at radius 1 is 1.44 bits per heavy atom. The fourth-order valence-corrected chi connectivity index (χ4v) is 2.64. The van der Waals surface area contributed by atoms with E-state index in [9.17, 15) is 5.11 Å². The van der Waals surface area contributed by atoms with Gasteiger partial charge in [-0.25, -0.2) is 4.98 Å². The van der Waals surface area contributed by atoms with Gasteiger partial charge in [0.15, 0.2) is 0 Å². The molecule has 0 aliphatic rings. The van der Waals surface area contributed by atoms with Crippen LogP contribution in [0.4, 0.5) is 0 Å². The second-order valence-electron chi connectivity index (χ2n) is 3.30. The summed E-state index contributed by atoms with van der Waals surface area (Å²) in [7, 11) is 0. The number of aliphatic hydroxyl groups excluding tert-OH is 1. The lowest BCUT2D eigenvalue weighted by Crippen LogP contribution is -2.11. The Labute approximate surface area is 106 Å². The van der Waals surface area contributed by atoms with E-state index in [1.165, 1.54) is 11.3 Å². The molecule has 0 saturated carbocycles. The molecule has 2 rings (SSSR count). The first-order valence-corrected chi connectivity index (χ1v) is 6.48. The molecule has 0 bridgehead atoms. The van der Waals surface area contributed by atoms with Gasteiger partial charge in [0.1, 0.15) is 11.1 Å². The molecule has 2 aromatic rings. The third-order valence-electron chi connectivity index (χ3n) is 2.18. The highest BCUT2D eigenvalue weighted by atomic mass is 79.9. The molecule has 3 N–H and O–H groups in total. The second kappa shape index (κ2) is 5.05. The number of benzene rings is 1. The van der Waals surface area contributed by atoms with Crippen LogP contribution < -0.4 is 5.73 Å². The van der Waals surface area contributed by atoms with E-state index in [4.69, 9.17) is 5.73 Å². The van der Waals surface area contributed by atoms with Crippen molar-refractivity contribution in [2.45, 2.75) is 6.10 Å². The predicted octanol–water partition coefficient (Wildman–Crippen LogP) is 2.56. The normalized spacial score (nSPS) is 12.7. The number of thiazole rings is 1. The van der Waals surface area contributed by atoms with Gasteiger partial charge in [-0.15, -0.1) is 11.3 Å². The van der Waals surface area contributed by atoms with Gasteiger partial charge in [-0.1, -0.05) is 34.1 Å². The topological polar surface area (TPSA) is 59.1 Å². The number of aromatic nitrogens is 1. The zero-order valence-corrected chi connectivity index (χ0v) is 10.8. The SMILES string of the molecule is NCC(O)c1nc(-c2ccccc2Br)cs1. The molecule has 1 aromatic carbocycles. The van der Waals surface area contributed by atoms with E-state index < -0.39 is 6.10 Å². The van der Waals surface area contributed by atoms with Crippen LogP contribution in [0.3, 0.4) is 0 Å². The Balaban J connectivity index is 2.35. The van der Waals surface area contributed by atoms with E-state index in [2.05, 4.69) is 20.9 Å². The Morgan fingerprint density at radius 2 is 2.19 bits per heavy atom. The van der Waals surface area contributed by atoms with Gasteiger partial charge >= 0.3 is 0 Å². The third-order valence-corrected chi connectivity index (χ3v) is 3.82. The Bertz CT molecular complexity index is 486. The van der Waals surface area contributed by atoms with Crippen molar-refractivity contribution < 1.29 is 5.11 Å². The van der Waals surface area contributed by atoms with Crippen molar-refractivity contribution in [2.24, 2.45) is 5.73 Å². The number of nitrogens with two attached hydrogens (primary N) is 1. The van der Waals surface area contributed by atoms with Gasteiger partial charge in [-0.2, -0.15) is 0 Å². The number of hydrogen-bond acceptors (Lipinski definition) is 4. The lowest BCUT2D eigenvalue weighted by Gasteiger charge is -2.02. The van der Waals surface area contributed by atoms with Crippen LogP contribution in [-0.2, 0) is 0 Å². The minimum absolute atomic E-state index is 0.197. The maximum absolute atomic E-state index is 9.57. The number of nitrogens with zero attached hydrogens (tertiary/aromatic N) is 1. The molecular formula is C11H11BrN2OS. The van der Waals surface area contributed by atoms with Crippen molar-refractivity contribution in [3.05, 3.63) is 39.1 Å². The summed E-state index contributed by atoms with van der Waals surface area (Å²) >= 11 is 4.90. The molecule has 1 aromatic heterocycles. The summed E-state index contributed by atoms with van der Waals surface area (Å²) in [5.41, 5.74) is 7.27. The molecule has 0 radical (unpaired) electrons. The van der Waals surface area contributed by atoms with E-state index in [1.54, 1.807) is 0 Å². The molecule has 0 spiro atoms. The molecule has 1 atom stereocenters. The third kappa shape index (κ3) is 2.32. The number of halogens is 1. The van der Waals surface area contributed by atoms with E-state index in [0.717, 1.165) is 15.7 Å². The van der Waals surface area contributed by atoms with Gasteiger partial charge in [0, 0.05) is 22.0 Å². The van der Waals surface area contributed by atoms with Crippen LogP contribution in [0, 0.1) is 0 Å². The summed E-state index contributed by atoms with van der Waals surface area (Å²) in [4.78, 5) is 4.37. The molecule has 0 aliphatic heterocycles. The first-order valence-electron chi connectivity index (χ1n) is 4.81. The fourth-order valence-electron chi connectivity index (χ4n) is 1.33. The molecule has 1 heterocycles. The van der Waals surface area contributed by atoms with Gasteiger partial charge in [-0.05, 0) is 6.07 Å². The minimum atomic E-state index is -0.666. The number of rotatable bonds is 3. The average Bonchev–Trinajstić information content (AvgIpc) is 2.78. The fraction of sp³-hybridized carbons (Fsp3) is 0.182. The summed E-state index contributed by atoms with van der Waals surface area (Å²) in [6.07, 6.45) is -0.666. The molecule has 1 unspecified atom stereocenters. The van der Waals surface area contributed by atoms with E-state index >= 15 is 0 Å². The lowest BCUT2D eigenvalue weighted by atomic mass is 10.2. The zero-order valence-electron chi connectivity index (χ0n) is 8.43. The van der Waals surface area contributed by atoms with Gasteiger partial charge in [0.05, 0.1) is 5.69 Å². The van der Waals surface area contributed by atoms with Crippen LogP contribution in [-0.4, -0.2) is 16.6 Å². The van der Waals surface area contributed by atoms with E-state index in [1.807, 2.05) is 29.6 Å². The van der Waals surface area contributed by atoms with Crippen LogP contribution >= 0.6 is 27.3 Å². The first-order chi connectivity index (χ1) is 7.72. The Morgan fingerprint density at radius 3 is 2.88 bits per heavy atom. The molecular weight excluding hydrogens is 288 g/mol. The van der Waals surface area contributed by atoms with Crippen LogP contribution in [0.2, 0.25) is 0 Å². The first kappa shape index (κ1) is 11.7. The van der Waals surface area contributed by atoms with Gasteiger partial charge in [0.2, 0.25) is 0 Å². The summed E-state index contributed by atoms with van der Waals surface area (Å²) in [6, 6.07) is 7.86. The highest BCUT2D eigenvalue weighted by Gasteiger charge is 2.12. The summed E-state index contributed by atoms with van der Waals surface area (Å²) < 4.78 is 0.995. The molecule has 84 valence electrons. The van der Waals surface area contributed by atoms with Crippen molar-refractivity contribution in [1.82, 2.24) is 4.98 Å². The van der Waals surface area contributed by atoms with Crippen LogP contribution in [0.15, 0.2) is 34.1 Å². The molecule has 0 aliphatic carbocycles. The monoisotopic (exact) mass is 298 g/mol. The van der Waals surface area contributed by atoms with Crippen molar-refractivity contribution in [3.63, 3.8) is 0 Å². The van der Waals surface area contributed by atoms with Gasteiger partial charge < -0.3 is 10.8 Å². The van der Waals surface area contributed by atoms with Crippen LogP contribution in [0.25, 0.3) is 11.3 Å². The largest absolute Gasteiger partial charge is 0.385 e. The summed E-state index contributed by atoms with van der Waals surface area (Å²) in [6.45, 7) is 0.197. The molecule has 5 heteroatoms. The highest BCUT2D eigenvalue weighted by Crippen LogP contribution is 2.30. The minimum Gasteiger partial charge on any atom is -0.385 e. The second-order valence-corrected chi connectivity index (χ2v) is 5.05. The standard InChI is InChI=1S/C11H11BrN2OS/c12-8-4-2-1-3-7(8)9-6-16-11(14-9)10(15)5-13/h1-4,6,10,15H,5,13H2. The molecule has 0 fully saturated rings. The highest BCUT2D eigenvalue weighted by molar-refractivity contribution is 9.10. The maximum atomic E-state index is 9.57. The van der Waals surface area contributed by atoms with E-state index in [-0.39, 0.29) is 6.54 Å². The molecule has 0 amide bonds. The van der Waals surface area contributed by atoms with Crippen LogP contribution in [0.5, 0.6) is 0 Å². The molecule has 16 heavy (non-hydrogen) atoms. The quantitative estimate of drug-likeness (QED) is 0.915. The zero-order chi connectivity index (χ0) is 11.5. The molecule has 3 nitrogen and oxygen atoms in total. The number of hydrogen-bond donors (Lipinski definition) is 2. The van der Waals surface area contributed by atoms with Crippen molar-refractivity contribution in [1.29, 1.82) is 0 Å². The Kier molecular flexibility index (Phi) is 3.70. The van der Waals surface area contributed by atoms with Gasteiger partial charge in [0.25, 0.3) is 0 Å². The molecule has 0 saturated heterocycles. The van der Waals surface area contributed by atoms with Crippen LogP contribution in [0.1, 0.15) is 11.1 Å². The van der Waals surface area contributed by atoms with Crippen molar-refractivity contribution >= 4 is 27.3 Å². The summed E-state index contributed by atoms with van der Waals surface area (Å²) in [5, 5.41) is 12.2. The lowest BCUT2D eigenvalue weighted by molar-refractivity contribution is 0.186. The van der Waals surface area contributed by atoms with Crippen molar-refractivity contribution in [3.8, 4) is 11.3 Å². The van der Waals surface area contributed by atoms with E-state index in [0.29, 0.717) is 5.01 Å². The van der Waals surface area contributed by atoms with Gasteiger partial charge in [-0.3, -0.25) is 0 Å². The smallest absolute Gasteiger partial charge is 0.123 e. The average molecular weight is 299 g/mol. The summed E-state index contributed by atoms with van der Waals surface area (Å²) in [5.74, 6) is 0.